The number of carbonyl (C=O) groups is 1. The maximum Gasteiger partial charge on any atom is 0.311 e. The summed E-state index contributed by atoms with van der Waals surface area (Å²) in [6.07, 6.45) is 0. The van der Waals surface area contributed by atoms with Gasteiger partial charge in [-0.2, -0.15) is 11.8 Å². The van der Waals surface area contributed by atoms with E-state index in [4.69, 9.17) is 9.84 Å². The summed E-state index contributed by atoms with van der Waals surface area (Å²) in [4.78, 5) is 21.0. The quantitative estimate of drug-likeness (QED) is 0.611. The molecule has 1 aromatic carbocycles. The monoisotopic (exact) mass is 285 g/mol. The van der Waals surface area contributed by atoms with Gasteiger partial charge in [-0.25, -0.2) is 0 Å². The molecule has 1 N–H and O–H groups in total. The van der Waals surface area contributed by atoms with Crippen LogP contribution in [0.3, 0.4) is 0 Å². The molecule has 1 aromatic rings. The third kappa shape index (κ3) is 4.44. The lowest BCUT2D eigenvalue weighted by atomic mass is 10.2. The van der Waals surface area contributed by atoms with Crippen LogP contribution < -0.4 is 4.74 Å². The summed E-state index contributed by atoms with van der Waals surface area (Å²) in [5.74, 6) is -0.0541. The van der Waals surface area contributed by atoms with Crippen molar-refractivity contribution in [2.45, 2.75) is 12.7 Å². The van der Waals surface area contributed by atoms with Crippen molar-refractivity contribution in [1.82, 2.24) is 0 Å². The van der Waals surface area contributed by atoms with Crippen molar-refractivity contribution < 1.29 is 19.6 Å². The van der Waals surface area contributed by atoms with Crippen LogP contribution in [-0.4, -0.2) is 28.9 Å². The number of aliphatic carboxylic acids is 1. The van der Waals surface area contributed by atoms with E-state index in [0.29, 0.717) is 11.5 Å². The summed E-state index contributed by atoms with van der Waals surface area (Å²) in [6.45, 7) is 1.63. The highest BCUT2D eigenvalue weighted by Gasteiger charge is 2.15. The zero-order valence-electron chi connectivity index (χ0n) is 10.7. The largest absolute Gasteiger partial charge is 0.490 e. The molecule has 0 bridgehead atoms. The molecule has 0 heterocycles. The highest BCUT2D eigenvalue weighted by molar-refractivity contribution is 7.98. The van der Waals surface area contributed by atoms with Crippen LogP contribution in [0.4, 0.5) is 5.69 Å². The second-order valence-electron chi connectivity index (χ2n) is 4.02. The Morgan fingerprint density at radius 3 is 2.79 bits per heavy atom. The Morgan fingerprint density at radius 2 is 2.26 bits per heavy atom. The Morgan fingerprint density at radius 1 is 1.58 bits per heavy atom. The first-order valence-electron chi connectivity index (χ1n) is 5.57. The van der Waals surface area contributed by atoms with Gasteiger partial charge in [-0.05, 0) is 11.6 Å². The number of nitro groups is 1. The predicted molar refractivity (Wildman–Crippen MR) is 72.6 cm³/mol. The number of ether oxygens (including phenoxy) is 1. The Labute approximate surface area is 114 Å². The maximum absolute atomic E-state index is 10.8. The van der Waals surface area contributed by atoms with Crippen LogP contribution in [-0.2, 0) is 10.5 Å². The van der Waals surface area contributed by atoms with Gasteiger partial charge in [-0.3, -0.25) is 14.9 Å². The van der Waals surface area contributed by atoms with E-state index in [1.54, 1.807) is 19.1 Å². The SMILES string of the molecule is COc1ccc(CSCC(C)C(=O)O)cc1[N+](=O)[O-]. The summed E-state index contributed by atoms with van der Waals surface area (Å²) in [5, 5.41) is 19.6. The highest BCUT2D eigenvalue weighted by Crippen LogP contribution is 2.29. The lowest BCUT2D eigenvalue weighted by Crippen LogP contribution is -2.11. The molecule has 0 aliphatic rings. The second kappa shape index (κ2) is 6.98. The molecule has 0 aliphatic carbocycles. The molecule has 0 spiro atoms. The van der Waals surface area contributed by atoms with E-state index in [2.05, 4.69) is 0 Å². The number of nitro benzene ring substituents is 1. The van der Waals surface area contributed by atoms with E-state index in [1.165, 1.54) is 24.9 Å². The van der Waals surface area contributed by atoms with Crippen molar-refractivity contribution in [3.8, 4) is 5.75 Å². The van der Waals surface area contributed by atoms with Crippen molar-refractivity contribution in [3.05, 3.63) is 33.9 Å². The minimum absolute atomic E-state index is 0.0770. The van der Waals surface area contributed by atoms with Gasteiger partial charge >= 0.3 is 11.7 Å². The van der Waals surface area contributed by atoms with Crippen LogP contribution in [0, 0.1) is 16.0 Å². The molecule has 0 radical (unpaired) electrons. The van der Waals surface area contributed by atoms with Crippen molar-refractivity contribution in [2.75, 3.05) is 12.9 Å². The van der Waals surface area contributed by atoms with Gasteiger partial charge < -0.3 is 9.84 Å². The van der Waals surface area contributed by atoms with E-state index in [1.807, 2.05) is 0 Å². The molecule has 1 rings (SSSR count). The number of nitrogens with zero attached hydrogens (tertiary/aromatic N) is 1. The number of methoxy groups -OCH3 is 1. The Bertz CT molecular complexity index is 477. The summed E-state index contributed by atoms with van der Waals surface area (Å²) in [5.41, 5.74) is 0.696. The van der Waals surface area contributed by atoms with Gasteiger partial charge in [0.15, 0.2) is 5.75 Å². The van der Waals surface area contributed by atoms with Crippen LogP contribution in [0.25, 0.3) is 0 Å². The minimum atomic E-state index is -0.840. The molecule has 0 saturated heterocycles. The normalized spacial score (nSPS) is 11.9. The van der Waals surface area contributed by atoms with Crippen molar-refractivity contribution >= 4 is 23.4 Å². The maximum atomic E-state index is 10.8. The van der Waals surface area contributed by atoms with E-state index in [0.717, 1.165) is 5.56 Å². The van der Waals surface area contributed by atoms with Crippen molar-refractivity contribution in [2.24, 2.45) is 5.92 Å². The topological polar surface area (TPSA) is 89.7 Å². The number of benzene rings is 1. The number of thioether (sulfide) groups is 1. The van der Waals surface area contributed by atoms with Crippen LogP contribution in [0.5, 0.6) is 5.75 Å². The van der Waals surface area contributed by atoms with Gasteiger partial charge in [0.05, 0.1) is 18.0 Å². The molecule has 6 nitrogen and oxygen atoms in total. The average Bonchev–Trinajstić information content (AvgIpc) is 2.38. The summed E-state index contributed by atoms with van der Waals surface area (Å²) < 4.78 is 4.91. The third-order valence-corrected chi connectivity index (χ3v) is 3.77. The van der Waals surface area contributed by atoms with Crippen LogP contribution in [0.1, 0.15) is 12.5 Å². The molecule has 104 valence electrons. The molecule has 0 amide bonds. The first-order valence-corrected chi connectivity index (χ1v) is 6.73. The van der Waals surface area contributed by atoms with Gasteiger partial charge in [0.1, 0.15) is 0 Å². The number of rotatable bonds is 7. The first kappa shape index (κ1) is 15.3. The minimum Gasteiger partial charge on any atom is -0.490 e. The smallest absolute Gasteiger partial charge is 0.311 e. The van der Waals surface area contributed by atoms with Crippen molar-refractivity contribution in [1.29, 1.82) is 0 Å². The Kier molecular flexibility index (Phi) is 5.62. The van der Waals surface area contributed by atoms with Crippen LogP contribution in [0.2, 0.25) is 0 Å². The fraction of sp³-hybridized carbons (Fsp3) is 0.417. The highest BCUT2D eigenvalue weighted by atomic mass is 32.2. The fourth-order valence-electron chi connectivity index (χ4n) is 1.39. The molecule has 7 heteroatoms. The first-order chi connectivity index (χ1) is 8.95. The molecule has 1 atom stereocenters. The van der Waals surface area contributed by atoms with E-state index < -0.39 is 16.8 Å². The summed E-state index contributed by atoms with van der Waals surface area (Å²) in [6, 6.07) is 4.75. The molecule has 1 unspecified atom stereocenters. The van der Waals surface area contributed by atoms with Gasteiger partial charge in [0.25, 0.3) is 0 Å². The Hall–Kier alpha value is -1.76. The summed E-state index contributed by atoms with van der Waals surface area (Å²) in [7, 11) is 1.38. The standard InChI is InChI=1S/C12H15NO5S/c1-8(12(14)15)6-19-7-9-3-4-11(18-2)10(5-9)13(16)17/h3-5,8H,6-7H2,1-2H3,(H,14,15). The fourth-order valence-corrected chi connectivity index (χ4v) is 2.42. The number of hydrogen-bond donors (Lipinski definition) is 1. The zero-order valence-corrected chi connectivity index (χ0v) is 11.5. The molecule has 0 saturated carbocycles. The molecule has 0 fully saturated rings. The third-order valence-electron chi connectivity index (χ3n) is 2.50. The number of carboxylic acid groups (broad SMARTS) is 1. The molecular weight excluding hydrogens is 270 g/mol. The lowest BCUT2D eigenvalue weighted by Gasteiger charge is -2.07. The average molecular weight is 285 g/mol. The van der Waals surface area contributed by atoms with E-state index >= 15 is 0 Å². The van der Waals surface area contributed by atoms with Crippen molar-refractivity contribution in [3.63, 3.8) is 0 Å². The van der Waals surface area contributed by atoms with Gasteiger partial charge in [-0.1, -0.05) is 13.0 Å². The second-order valence-corrected chi connectivity index (χ2v) is 5.05. The number of hydrogen-bond acceptors (Lipinski definition) is 5. The van der Waals surface area contributed by atoms with Gasteiger partial charge in [0.2, 0.25) is 0 Å². The summed E-state index contributed by atoms with van der Waals surface area (Å²) >= 11 is 1.43. The van der Waals surface area contributed by atoms with Crippen LogP contribution in [0.15, 0.2) is 18.2 Å². The van der Waals surface area contributed by atoms with E-state index in [9.17, 15) is 14.9 Å². The molecule has 0 aliphatic heterocycles. The lowest BCUT2D eigenvalue weighted by molar-refractivity contribution is -0.385. The number of carboxylic acids is 1. The molecule has 19 heavy (non-hydrogen) atoms. The molecule has 0 aromatic heterocycles. The predicted octanol–water partition coefficient (Wildman–Crippen LogP) is 2.56. The zero-order chi connectivity index (χ0) is 14.4. The van der Waals surface area contributed by atoms with E-state index in [-0.39, 0.29) is 11.4 Å². The molecular formula is C12H15NO5S. The van der Waals surface area contributed by atoms with Crippen LogP contribution >= 0.6 is 11.8 Å². The van der Waals surface area contributed by atoms with Gasteiger partial charge in [0, 0.05) is 17.6 Å². The Balaban J connectivity index is 2.67. The van der Waals surface area contributed by atoms with Gasteiger partial charge in [-0.15, -0.1) is 0 Å².